The van der Waals surface area contributed by atoms with Gasteiger partial charge in [0.1, 0.15) is 12.0 Å². The summed E-state index contributed by atoms with van der Waals surface area (Å²) in [6.07, 6.45) is 2.48. The first-order valence-corrected chi connectivity index (χ1v) is 6.93. The molecule has 1 aliphatic carbocycles. The van der Waals surface area contributed by atoms with E-state index in [0.717, 1.165) is 18.0 Å². The van der Waals surface area contributed by atoms with E-state index < -0.39 is 0 Å². The molecule has 1 amide bonds. The van der Waals surface area contributed by atoms with Gasteiger partial charge < -0.3 is 4.90 Å². The number of benzene rings is 1. The quantitative estimate of drug-likeness (QED) is 0.903. The summed E-state index contributed by atoms with van der Waals surface area (Å²) in [5.74, 6) is 1.22. The third-order valence-corrected chi connectivity index (χ3v) is 4.18. The van der Waals surface area contributed by atoms with E-state index in [1.165, 1.54) is 25.0 Å². The Morgan fingerprint density at radius 3 is 2.68 bits per heavy atom. The minimum Gasteiger partial charge on any atom is -0.322 e. The fourth-order valence-corrected chi connectivity index (χ4v) is 2.81. The second-order valence-electron chi connectivity index (χ2n) is 5.70. The molecule has 102 valence electrons. The first kappa shape index (κ1) is 12.6. The molecule has 1 saturated carbocycles. The highest BCUT2D eigenvalue weighted by Crippen LogP contribution is 2.38. The van der Waals surface area contributed by atoms with E-state index in [0.29, 0.717) is 12.5 Å². The summed E-state index contributed by atoms with van der Waals surface area (Å²) < 4.78 is 13.0. The number of carbonyl (C=O) groups is 1. The lowest BCUT2D eigenvalue weighted by atomic mass is 10.0. The Kier molecular flexibility index (Phi) is 3.27. The van der Waals surface area contributed by atoms with Crippen LogP contribution in [0.4, 0.5) is 4.39 Å². The zero-order valence-electron chi connectivity index (χ0n) is 11.1. The summed E-state index contributed by atoms with van der Waals surface area (Å²) in [6.45, 7) is 3.38. The van der Waals surface area contributed by atoms with Crippen LogP contribution in [0.15, 0.2) is 24.3 Å². The maximum Gasteiger partial charge on any atom is 0.238 e. The van der Waals surface area contributed by atoms with Gasteiger partial charge in [-0.15, -0.1) is 0 Å². The number of hydrogen-bond acceptors (Lipinski definition) is 2. The number of carbonyl (C=O) groups excluding carboxylic acids is 1. The Labute approximate surface area is 112 Å². The molecule has 1 aromatic rings. The molecule has 1 N–H and O–H groups in total. The molecule has 19 heavy (non-hydrogen) atoms. The van der Waals surface area contributed by atoms with E-state index in [2.05, 4.69) is 12.2 Å². The van der Waals surface area contributed by atoms with Gasteiger partial charge in [-0.1, -0.05) is 19.1 Å². The topological polar surface area (TPSA) is 32.3 Å². The molecule has 1 heterocycles. The van der Waals surface area contributed by atoms with Crippen molar-refractivity contribution in [1.29, 1.82) is 0 Å². The summed E-state index contributed by atoms with van der Waals surface area (Å²) in [5, 5.41) is 3.21. The number of nitrogens with zero attached hydrogens (tertiary/aromatic N) is 1. The Bertz CT molecular complexity index is 470. The van der Waals surface area contributed by atoms with Gasteiger partial charge in [0, 0.05) is 6.54 Å². The van der Waals surface area contributed by atoms with Gasteiger partial charge in [-0.3, -0.25) is 10.1 Å². The summed E-state index contributed by atoms with van der Waals surface area (Å²) in [5.41, 5.74) is 0.954. The van der Waals surface area contributed by atoms with Gasteiger partial charge in [-0.25, -0.2) is 4.39 Å². The van der Waals surface area contributed by atoms with Crippen LogP contribution >= 0.6 is 0 Å². The van der Waals surface area contributed by atoms with Crippen molar-refractivity contribution in [2.75, 3.05) is 13.1 Å². The van der Waals surface area contributed by atoms with Crippen molar-refractivity contribution in [2.45, 2.75) is 25.9 Å². The fourth-order valence-electron chi connectivity index (χ4n) is 2.81. The first-order chi connectivity index (χ1) is 9.15. The van der Waals surface area contributed by atoms with Crippen molar-refractivity contribution in [3.63, 3.8) is 0 Å². The van der Waals surface area contributed by atoms with Crippen molar-refractivity contribution >= 4 is 5.91 Å². The predicted octanol–water partition coefficient (Wildman–Crippen LogP) is 2.30. The van der Waals surface area contributed by atoms with Gasteiger partial charge in [0.15, 0.2) is 0 Å². The van der Waals surface area contributed by atoms with E-state index in [9.17, 15) is 9.18 Å². The molecular formula is C15H19FN2O. The van der Waals surface area contributed by atoms with E-state index >= 15 is 0 Å². The number of rotatable bonds is 4. The van der Waals surface area contributed by atoms with Crippen LogP contribution in [0.2, 0.25) is 0 Å². The van der Waals surface area contributed by atoms with Gasteiger partial charge in [-0.2, -0.15) is 0 Å². The van der Waals surface area contributed by atoms with Crippen molar-refractivity contribution < 1.29 is 9.18 Å². The van der Waals surface area contributed by atoms with Gasteiger partial charge >= 0.3 is 0 Å². The molecule has 1 saturated heterocycles. The van der Waals surface area contributed by atoms with Crippen LogP contribution < -0.4 is 5.32 Å². The van der Waals surface area contributed by atoms with Crippen molar-refractivity contribution in [3.05, 3.63) is 35.6 Å². The SMILES string of the molecule is CC(CN1C(=O)CNC1c1ccc(F)cc1)C1CC1. The van der Waals surface area contributed by atoms with E-state index in [1.807, 2.05) is 4.90 Å². The minimum absolute atomic E-state index is 0.103. The van der Waals surface area contributed by atoms with Gasteiger partial charge in [0.2, 0.25) is 5.91 Å². The third kappa shape index (κ3) is 2.63. The zero-order chi connectivity index (χ0) is 13.4. The molecule has 0 radical (unpaired) electrons. The summed E-state index contributed by atoms with van der Waals surface area (Å²) in [6, 6.07) is 6.39. The van der Waals surface area contributed by atoms with Crippen molar-refractivity contribution in [1.82, 2.24) is 10.2 Å². The lowest BCUT2D eigenvalue weighted by Crippen LogP contribution is -2.34. The first-order valence-electron chi connectivity index (χ1n) is 6.93. The standard InChI is InChI=1S/C15H19FN2O/c1-10(11-2-3-11)9-18-14(19)8-17-15(18)12-4-6-13(16)7-5-12/h4-7,10-11,15,17H,2-3,8-9H2,1H3. The van der Waals surface area contributed by atoms with Crippen LogP contribution in [0, 0.1) is 17.7 Å². The molecule has 3 rings (SSSR count). The highest BCUT2D eigenvalue weighted by molar-refractivity contribution is 5.81. The van der Waals surface area contributed by atoms with Crippen molar-refractivity contribution in [3.8, 4) is 0 Å². The van der Waals surface area contributed by atoms with Gasteiger partial charge in [0.05, 0.1) is 6.54 Å². The monoisotopic (exact) mass is 262 g/mol. The maximum atomic E-state index is 13.0. The van der Waals surface area contributed by atoms with E-state index in [1.54, 1.807) is 12.1 Å². The lowest BCUT2D eigenvalue weighted by molar-refractivity contribution is -0.128. The Balaban J connectivity index is 1.75. The fraction of sp³-hybridized carbons (Fsp3) is 0.533. The molecule has 4 heteroatoms. The Morgan fingerprint density at radius 2 is 2.05 bits per heavy atom. The van der Waals surface area contributed by atoms with Crippen LogP contribution in [0.1, 0.15) is 31.5 Å². The summed E-state index contributed by atoms with van der Waals surface area (Å²) >= 11 is 0. The second kappa shape index (κ2) is 4.93. The minimum atomic E-state index is -0.244. The molecule has 0 spiro atoms. The number of halogens is 1. The molecular weight excluding hydrogens is 243 g/mol. The van der Waals surface area contributed by atoms with Gasteiger partial charge in [-0.05, 0) is 42.4 Å². The van der Waals surface area contributed by atoms with Crippen LogP contribution in [0.5, 0.6) is 0 Å². The normalized spacial score (nSPS) is 24.8. The van der Waals surface area contributed by atoms with Crippen LogP contribution in [-0.4, -0.2) is 23.9 Å². The Morgan fingerprint density at radius 1 is 1.37 bits per heavy atom. The second-order valence-corrected chi connectivity index (χ2v) is 5.70. The zero-order valence-corrected chi connectivity index (χ0v) is 11.1. The van der Waals surface area contributed by atoms with Gasteiger partial charge in [0.25, 0.3) is 0 Å². The van der Waals surface area contributed by atoms with Crippen molar-refractivity contribution in [2.24, 2.45) is 11.8 Å². The average molecular weight is 262 g/mol. The number of nitrogens with one attached hydrogen (secondary N) is 1. The lowest BCUT2D eigenvalue weighted by Gasteiger charge is -2.27. The van der Waals surface area contributed by atoms with Crippen LogP contribution in [-0.2, 0) is 4.79 Å². The smallest absolute Gasteiger partial charge is 0.238 e. The van der Waals surface area contributed by atoms with E-state index in [4.69, 9.17) is 0 Å². The van der Waals surface area contributed by atoms with Crippen LogP contribution in [0.3, 0.4) is 0 Å². The average Bonchev–Trinajstić information content (AvgIpc) is 3.18. The predicted molar refractivity (Wildman–Crippen MR) is 70.7 cm³/mol. The largest absolute Gasteiger partial charge is 0.322 e. The molecule has 2 fully saturated rings. The molecule has 0 bridgehead atoms. The number of amides is 1. The third-order valence-electron chi connectivity index (χ3n) is 4.18. The summed E-state index contributed by atoms with van der Waals surface area (Å²) in [7, 11) is 0. The maximum absolute atomic E-state index is 13.0. The summed E-state index contributed by atoms with van der Waals surface area (Å²) in [4.78, 5) is 13.9. The highest BCUT2D eigenvalue weighted by Gasteiger charge is 2.36. The molecule has 2 atom stereocenters. The highest BCUT2D eigenvalue weighted by atomic mass is 19.1. The molecule has 3 nitrogen and oxygen atoms in total. The van der Waals surface area contributed by atoms with Crippen LogP contribution in [0.25, 0.3) is 0 Å². The van der Waals surface area contributed by atoms with E-state index in [-0.39, 0.29) is 17.9 Å². The molecule has 1 aromatic carbocycles. The molecule has 0 aromatic heterocycles. The Hall–Kier alpha value is -1.42. The molecule has 2 aliphatic rings. The number of hydrogen-bond donors (Lipinski definition) is 1. The molecule has 1 aliphatic heterocycles. The molecule has 2 unspecified atom stereocenters.